The van der Waals surface area contributed by atoms with Gasteiger partial charge in [0.2, 0.25) is 0 Å². The number of nitrogens with zero attached hydrogens (tertiary/aromatic N) is 3. The van der Waals surface area contributed by atoms with E-state index in [1.165, 1.54) is 0 Å². The predicted octanol–water partition coefficient (Wildman–Crippen LogP) is 2.85. The second kappa shape index (κ2) is 4.95. The molecule has 0 bridgehead atoms. The zero-order valence-electron chi connectivity index (χ0n) is 9.68. The smallest absolute Gasteiger partial charge is 0.163 e. The van der Waals surface area contributed by atoms with Gasteiger partial charge in [0, 0.05) is 18.0 Å². The maximum atomic E-state index is 5.92. The Balaban J connectivity index is 2.57. The third-order valence-electron chi connectivity index (χ3n) is 2.37. The third kappa shape index (κ3) is 2.54. The first-order chi connectivity index (χ1) is 8.09. The first-order valence-corrected chi connectivity index (χ1v) is 6.40. The Kier molecular flexibility index (Phi) is 3.56. The summed E-state index contributed by atoms with van der Waals surface area (Å²) in [6, 6.07) is 3.79. The van der Waals surface area contributed by atoms with E-state index in [4.69, 9.17) is 5.73 Å². The molecule has 2 aromatic rings. The third-order valence-corrected chi connectivity index (χ3v) is 3.47. The summed E-state index contributed by atoms with van der Waals surface area (Å²) in [5.41, 5.74) is 7.79. The van der Waals surface area contributed by atoms with Gasteiger partial charge in [0.25, 0.3) is 0 Å². The second-order valence-electron chi connectivity index (χ2n) is 4.03. The van der Waals surface area contributed by atoms with Crippen molar-refractivity contribution in [2.45, 2.75) is 19.8 Å². The highest BCUT2D eigenvalue weighted by Gasteiger charge is 2.13. The number of aromatic nitrogens is 3. The fourth-order valence-electron chi connectivity index (χ4n) is 1.49. The fraction of sp³-hybridized carbons (Fsp3) is 0.250. The van der Waals surface area contributed by atoms with Gasteiger partial charge in [-0.15, -0.1) is 0 Å². The van der Waals surface area contributed by atoms with Gasteiger partial charge in [-0.05, 0) is 40.6 Å². The van der Waals surface area contributed by atoms with Gasteiger partial charge in [-0.2, -0.15) is 0 Å². The zero-order valence-corrected chi connectivity index (χ0v) is 11.8. The number of pyridine rings is 1. The second-order valence-corrected chi connectivity index (χ2v) is 5.11. The summed E-state index contributed by atoms with van der Waals surface area (Å²) in [6.07, 6.45) is 3.47. The molecule has 2 rings (SSSR count). The molecule has 17 heavy (non-hydrogen) atoms. The SMILES string of the molecule is CC(C)c1nc(-c2cccnc2)nc(N)c1I. The predicted molar refractivity (Wildman–Crippen MR) is 76.5 cm³/mol. The van der Waals surface area contributed by atoms with Gasteiger partial charge in [0.05, 0.1) is 9.26 Å². The molecule has 0 aliphatic carbocycles. The minimum Gasteiger partial charge on any atom is -0.383 e. The van der Waals surface area contributed by atoms with E-state index >= 15 is 0 Å². The number of anilines is 1. The highest BCUT2D eigenvalue weighted by Crippen LogP contribution is 2.26. The van der Waals surface area contributed by atoms with Gasteiger partial charge in [-0.1, -0.05) is 13.8 Å². The van der Waals surface area contributed by atoms with Gasteiger partial charge in [-0.25, -0.2) is 9.97 Å². The monoisotopic (exact) mass is 340 g/mol. The van der Waals surface area contributed by atoms with Crippen LogP contribution in [0.3, 0.4) is 0 Å². The lowest BCUT2D eigenvalue weighted by molar-refractivity contribution is 0.810. The lowest BCUT2D eigenvalue weighted by Crippen LogP contribution is -2.06. The van der Waals surface area contributed by atoms with Crippen LogP contribution in [0.15, 0.2) is 24.5 Å². The Morgan fingerprint density at radius 2 is 2.06 bits per heavy atom. The average molecular weight is 340 g/mol. The molecular formula is C12H13IN4. The van der Waals surface area contributed by atoms with Crippen molar-refractivity contribution < 1.29 is 0 Å². The molecule has 0 aliphatic rings. The van der Waals surface area contributed by atoms with Crippen molar-refractivity contribution in [3.05, 3.63) is 33.8 Å². The summed E-state index contributed by atoms with van der Waals surface area (Å²) in [5.74, 6) is 1.49. The maximum Gasteiger partial charge on any atom is 0.163 e. The molecule has 0 amide bonds. The average Bonchev–Trinajstić information content (AvgIpc) is 2.33. The van der Waals surface area contributed by atoms with Crippen LogP contribution in [0, 0.1) is 3.57 Å². The minimum absolute atomic E-state index is 0.322. The lowest BCUT2D eigenvalue weighted by Gasteiger charge is -2.11. The van der Waals surface area contributed by atoms with Gasteiger partial charge < -0.3 is 5.73 Å². The van der Waals surface area contributed by atoms with Gasteiger partial charge in [-0.3, -0.25) is 4.98 Å². The van der Waals surface area contributed by atoms with E-state index in [9.17, 15) is 0 Å². The molecule has 88 valence electrons. The summed E-state index contributed by atoms with van der Waals surface area (Å²) >= 11 is 2.19. The van der Waals surface area contributed by atoms with E-state index < -0.39 is 0 Å². The van der Waals surface area contributed by atoms with Gasteiger partial charge in [0.15, 0.2) is 5.82 Å². The molecule has 2 N–H and O–H groups in total. The van der Waals surface area contributed by atoms with Gasteiger partial charge >= 0.3 is 0 Å². The molecule has 0 spiro atoms. The van der Waals surface area contributed by atoms with Crippen molar-refractivity contribution in [2.75, 3.05) is 5.73 Å². The molecule has 0 aromatic carbocycles. The fourth-order valence-corrected chi connectivity index (χ4v) is 2.35. The Hall–Kier alpha value is -1.24. The van der Waals surface area contributed by atoms with E-state index in [1.807, 2.05) is 12.1 Å². The van der Waals surface area contributed by atoms with E-state index in [0.29, 0.717) is 17.6 Å². The van der Waals surface area contributed by atoms with Crippen molar-refractivity contribution in [1.29, 1.82) is 0 Å². The summed E-state index contributed by atoms with van der Waals surface area (Å²) in [6.45, 7) is 4.19. The molecule has 2 heterocycles. The van der Waals surface area contributed by atoms with Crippen LogP contribution in [0.5, 0.6) is 0 Å². The summed E-state index contributed by atoms with van der Waals surface area (Å²) in [5, 5.41) is 0. The zero-order chi connectivity index (χ0) is 12.4. The van der Waals surface area contributed by atoms with Crippen molar-refractivity contribution in [2.24, 2.45) is 0 Å². The molecule has 0 saturated heterocycles. The van der Waals surface area contributed by atoms with Crippen LogP contribution in [0.1, 0.15) is 25.5 Å². The number of rotatable bonds is 2. The Morgan fingerprint density at radius 3 is 2.65 bits per heavy atom. The first-order valence-electron chi connectivity index (χ1n) is 5.33. The molecule has 0 fully saturated rings. The Labute approximate surface area is 114 Å². The van der Waals surface area contributed by atoms with E-state index in [2.05, 4.69) is 51.4 Å². The topological polar surface area (TPSA) is 64.7 Å². The van der Waals surface area contributed by atoms with Crippen LogP contribution in [-0.2, 0) is 0 Å². The summed E-state index contributed by atoms with van der Waals surface area (Å²) < 4.78 is 0.935. The molecule has 0 saturated carbocycles. The highest BCUT2D eigenvalue weighted by atomic mass is 127. The van der Waals surface area contributed by atoms with E-state index in [-0.39, 0.29) is 0 Å². The van der Waals surface area contributed by atoms with Crippen LogP contribution < -0.4 is 5.73 Å². The van der Waals surface area contributed by atoms with Crippen LogP contribution >= 0.6 is 22.6 Å². The quantitative estimate of drug-likeness (QED) is 0.854. The molecule has 0 atom stereocenters. The molecule has 4 nitrogen and oxygen atoms in total. The van der Waals surface area contributed by atoms with Crippen molar-refractivity contribution in [3.63, 3.8) is 0 Å². The number of nitrogens with two attached hydrogens (primary N) is 1. The number of halogens is 1. The van der Waals surface area contributed by atoms with Crippen molar-refractivity contribution >= 4 is 28.4 Å². The number of nitrogen functional groups attached to an aromatic ring is 1. The molecule has 0 aliphatic heterocycles. The van der Waals surface area contributed by atoms with Crippen molar-refractivity contribution in [1.82, 2.24) is 15.0 Å². The maximum absolute atomic E-state index is 5.92. The number of hydrogen-bond donors (Lipinski definition) is 1. The highest BCUT2D eigenvalue weighted by molar-refractivity contribution is 14.1. The van der Waals surface area contributed by atoms with E-state index in [1.54, 1.807) is 12.4 Å². The lowest BCUT2D eigenvalue weighted by atomic mass is 10.1. The molecule has 0 radical (unpaired) electrons. The first kappa shape index (κ1) is 12.2. The number of hydrogen-bond acceptors (Lipinski definition) is 4. The Bertz CT molecular complexity index is 526. The molecule has 5 heteroatoms. The molecule has 0 unspecified atom stereocenters. The van der Waals surface area contributed by atoms with Crippen LogP contribution in [0.25, 0.3) is 11.4 Å². The normalized spacial score (nSPS) is 10.8. The molecular weight excluding hydrogens is 327 g/mol. The van der Waals surface area contributed by atoms with Crippen LogP contribution in [-0.4, -0.2) is 15.0 Å². The molecule has 2 aromatic heterocycles. The van der Waals surface area contributed by atoms with Crippen LogP contribution in [0.4, 0.5) is 5.82 Å². The standard InChI is InChI=1S/C12H13IN4/c1-7(2)10-9(13)11(14)17-12(16-10)8-4-3-5-15-6-8/h3-7H,1-2H3,(H2,14,16,17). The van der Waals surface area contributed by atoms with E-state index in [0.717, 1.165) is 14.8 Å². The van der Waals surface area contributed by atoms with Gasteiger partial charge in [0.1, 0.15) is 5.82 Å². The largest absolute Gasteiger partial charge is 0.383 e. The summed E-state index contributed by atoms with van der Waals surface area (Å²) in [4.78, 5) is 12.9. The van der Waals surface area contributed by atoms with Crippen molar-refractivity contribution in [3.8, 4) is 11.4 Å². The van der Waals surface area contributed by atoms with Crippen LogP contribution in [0.2, 0.25) is 0 Å². The summed E-state index contributed by atoms with van der Waals surface area (Å²) in [7, 11) is 0. The minimum atomic E-state index is 0.322. The Morgan fingerprint density at radius 1 is 1.29 bits per heavy atom.